The summed E-state index contributed by atoms with van der Waals surface area (Å²) >= 11 is 0. The van der Waals surface area contributed by atoms with Gasteiger partial charge in [-0.1, -0.05) is 6.92 Å². The van der Waals surface area contributed by atoms with Gasteiger partial charge in [-0.15, -0.1) is 0 Å². The van der Waals surface area contributed by atoms with Crippen LogP contribution < -0.4 is 0 Å². The first-order valence-electron chi connectivity index (χ1n) is 10.0. The molecule has 0 aromatic carbocycles. The molecule has 0 radical (unpaired) electrons. The van der Waals surface area contributed by atoms with Crippen molar-refractivity contribution in [3.05, 3.63) is 11.6 Å². The molecule has 138 valence electrons. The van der Waals surface area contributed by atoms with Crippen molar-refractivity contribution in [2.75, 3.05) is 13.7 Å². The number of rotatable bonds is 2. The van der Waals surface area contributed by atoms with Crippen molar-refractivity contribution < 1.29 is 19.4 Å². The molecule has 4 fully saturated rings. The van der Waals surface area contributed by atoms with Crippen molar-refractivity contribution in [3.8, 4) is 0 Å². The second kappa shape index (κ2) is 5.10. The fourth-order valence-electron chi connectivity index (χ4n) is 8.04. The zero-order valence-electron chi connectivity index (χ0n) is 15.4. The summed E-state index contributed by atoms with van der Waals surface area (Å²) in [6.07, 6.45) is 11.0. The fourth-order valence-corrected chi connectivity index (χ4v) is 8.04. The van der Waals surface area contributed by atoms with Gasteiger partial charge in [0.1, 0.15) is 6.10 Å². The van der Waals surface area contributed by atoms with Gasteiger partial charge in [0.05, 0.1) is 12.2 Å². The van der Waals surface area contributed by atoms with Crippen LogP contribution in [0.3, 0.4) is 0 Å². The van der Waals surface area contributed by atoms with Crippen molar-refractivity contribution in [3.63, 3.8) is 0 Å². The Morgan fingerprint density at radius 2 is 2.12 bits per heavy atom. The van der Waals surface area contributed by atoms with Gasteiger partial charge in [-0.25, -0.2) is 4.79 Å². The quantitative estimate of drug-likeness (QED) is 0.780. The number of hydrogen-bond donors (Lipinski definition) is 1. The van der Waals surface area contributed by atoms with Crippen molar-refractivity contribution >= 4 is 5.97 Å². The third kappa shape index (κ3) is 1.93. The van der Waals surface area contributed by atoms with Crippen LogP contribution in [0.25, 0.3) is 0 Å². The summed E-state index contributed by atoms with van der Waals surface area (Å²) in [5, 5.41) is 10.1. The predicted octanol–water partition coefficient (Wildman–Crippen LogP) is 3.23. The molecule has 0 amide bonds. The Labute approximate surface area is 150 Å². The minimum absolute atomic E-state index is 0.0510. The number of ether oxygens (including phenoxy) is 2. The molecule has 4 heteroatoms. The lowest BCUT2D eigenvalue weighted by Crippen LogP contribution is -2.53. The van der Waals surface area contributed by atoms with Crippen molar-refractivity contribution in [1.82, 2.24) is 0 Å². The highest BCUT2D eigenvalue weighted by Crippen LogP contribution is 2.72. The molecular weight excluding hydrogens is 316 g/mol. The SMILES string of the molecule is CO[C@]1(CO)C[C@@]23CC[C@@H]4C5=CC(=O)O[C@@H]5CC[C@@]4(C)[C@@H]2CC[C@@H]1C3. The minimum Gasteiger partial charge on any atom is -0.455 e. The van der Waals surface area contributed by atoms with Crippen LogP contribution in [0, 0.1) is 28.6 Å². The van der Waals surface area contributed by atoms with Crippen molar-refractivity contribution in [1.29, 1.82) is 0 Å². The van der Waals surface area contributed by atoms with Gasteiger partial charge in [-0.3, -0.25) is 0 Å². The Bertz CT molecular complexity index is 636. The number of methoxy groups -OCH3 is 1. The average molecular weight is 346 g/mol. The Kier molecular flexibility index (Phi) is 3.33. The van der Waals surface area contributed by atoms with E-state index in [1.807, 2.05) is 0 Å². The maximum atomic E-state index is 11.8. The Hall–Kier alpha value is -0.870. The first-order chi connectivity index (χ1) is 12.0. The van der Waals surface area contributed by atoms with Crippen LogP contribution in [-0.2, 0) is 14.3 Å². The van der Waals surface area contributed by atoms with Gasteiger partial charge in [0.15, 0.2) is 0 Å². The molecule has 1 N–H and O–H groups in total. The molecule has 5 rings (SSSR count). The number of esters is 1. The smallest absolute Gasteiger partial charge is 0.331 e. The molecule has 0 aromatic heterocycles. The molecule has 4 aliphatic carbocycles. The van der Waals surface area contributed by atoms with E-state index >= 15 is 0 Å². The van der Waals surface area contributed by atoms with E-state index in [1.54, 1.807) is 13.2 Å². The number of carbonyl (C=O) groups is 1. The standard InChI is InChI=1S/C21H30O4/c1-19-7-6-16-14(9-18(23)25-16)15(19)5-8-20-10-13(3-4-17(19)20)21(11-20,12-22)24-2/h9,13,15-17,22H,3-8,10-12H2,1-2H3/t13-,15-,16-,17+,19-,20+,21+/m1/s1. The van der Waals surface area contributed by atoms with Gasteiger partial charge < -0.3 is 14.6 Å². The number of aliphatic hydroxyl groups is 1. The fraction of sp³-hybridized carbons (Fsp3) is 0.857. The second-order valence-electron chi connectivity index (χ2n) is 9.70. The van der Waals surface area contributed by atoms with E-state index in [4.69, 9.17) is 9.47 Å². The maximum absolute atomic E-state index is 11.8. The lowest BCUT2D eigenvalue weighted by atomic mass is 9.44. The molecule has 2 bridgehead atoms. The van der Waals surface area contributed by atoms with E-state index in [9.17, 15) is 9.90 Å². The number of fused-ring (bicyclic) bond motifs is 5. The van der Waals surface area contributed by atoms with Crippen LogP contribution in [0.1, 0.15) is 58.3 Å². The van der Waals surface area contributed by atoms with Crippen LogP contribution in [0.15, 0.2) is 11.6 Å². The van der Waals surface area contributed by atoms with E-state index in [-0.39, 0.29) is 29.7 Å². The average Bonchev–Trinajstić information content (AvgIpc) is 3.09. The lowest BCUT2D eigenvalue weighted by Gasteiger charge is -2.60. The van der Waals surface area contributed by atoms with Gasteiger partial charge in [0, 0.05) is 13.2 Å². The van der Waals surface area contributed by atoms with E-state index in [0.717, 1.165) is 25.7 Å². The first-order valence-corrected chi connectivity index (χ1v) is 10.0. The van der Waals surface area contributed by atoms with Crippen LogP contribution in [0.4, 0.5) is 0 Å². The molecule has 1 heterocycles. The van der Waals surface area contributed by atoms with Crippen LogP contribution in [-0.4, -0.2) is 36.5 Å². The Morgan fingerprint density at radius 1 is 1.28 bits per heavy atom. The molecule has 25 heavy (non-hydrogen) atoms. The number of carbonyl (C=O) groups excluding carboxylic acids is 1. The van der Waals surface area contributed by atoms with E-state index in [2.05, 4.69) is 6.92 Å². The summed E-state index contributed by atoms with van der Waals surface area (Å²) in [6, 6.07) is 0. The minimum atomic E-state index is -0.319. The molecule has 0 saturated heterocycles. The summed E-state index contributed by atoms with van der Waals surface area (Å²) < 4.78 is 11.5. The van der Waals surface area contributed by atoms with Gasteiger partial charge in [0.2, 0.25) is 0 Å². The highest BCUT2D eigenvalue weighted by molar-refractivity contribution is 5.86. The summed E-state index contributed by atoms with van der Waals surface area (Å²) in [7, 11) is 1.79. The molecule has 4 saturated carbocycles. The van der Waals surface area contributed by atoms with Crippen LogP contribution >= 0.6 is 0 Å². The van der Waals surface area contributed by atoms with Gasteiger partial charge in [-0.2, -0.15) is 0 Å². The van der Waals surface area contributed by atoms with Crippen LogP contribution in [0.2, 0.25) is 0 Å². The summed E-state index contributed by atoms with van der Waals surface area (Å²) in [5.41, 5.74) is 1.55. The monoisotopic (exact) mass is 346 g/mol. The first kappa shape index (κ1) is 16.3. The summed E-state index contributed by atoms with van der Waals surface area (Å²) in [5.74, 6) is 1.55. The zero-order valence-corrected chi connectivity index (χ0v) is 15.4. The lowest BCUT2D eigenvalue weighted by molar-refractivity contribution is -0.143. The summed E-state index contributed by atoms with van der Waals surface area (Å²) in [4.78, 5) is 11.8. The van der Waals surface area contributed by atoms with E-state index in [0.29, 0.717) is 23.2 Å². The van der Waals surface area contributed by atoms with Crippen molar-refractivity contribution in [2.24, 2.45) is 28.6 Å². The van der Waals surface area contributed by atoms with Crippen LogP contribution in [0.5, 0.6) is 0 Å². The third-order valence-corrected chi connectivity index (χ3v) is 9.05. The molecule has 7 atom stereocenters. The predicted molar refractivity (Wildman–Crippen MR) is 92.7 cm³/mol. The number of hydrogen-bond acceptors (Lipinski definition) is 4. The van der Waals surface area contributed by atoms with Gasteiger partial charge >= 0.3 is 5.97 Å². The largest absolute Gasteiger partial charge is 0.455 e. The highest BCUT2D eigenvalue weighted by atomic mass is 16.5. The van der Waals surface area contributed by atoms with Gasteiger partial charge in [-0.05, 0) is 85.5 Å². The molecule has 5 aliphatic rings. The number of aliphatic hydroxyl groups excluding tert-OH is 1. The maximum Gasteiger partial charge on any atom is 0.331 e. The molecular formula is C21H30O4. The molecule has 4 nitrogen and oxygen atoms in total. The molecule has 1 aliphatic heterocycles. The Morgan fingerprint density at radius 3 is 2.88 bits per heavy atom. The normalized spacial score (nSPS) is 53.6. The van der Waals surface area contributed by atoms with Crippen molar-refractivity contribution in [2.45, 2.75) is 70.0 Å². The Balaban J connectivity index is 1.52. The topological polar surface area (TPSA) is 55.8 Å². The van der Waals surface area contributed by atoms with E-state index in [1.165, 1.54) is 31.3 Å². The third-order valence-electron chi connectivity index (χ3n) is 9.05. The molecule has 0 unspecified atom stereocenters. The molecule has 0 aromatic rings. The van der Waals surface area contributed by atoms with E-state index < -0.39 is 0 Å². The zero-order chi connectivity index (χ0) is 17.4. The summed E-state index contributed by atoms with van der Waals surface area (Å²) in [6.45, 7) is 2.63. The van der Waals surface area contributed by atoms with Gasteiger partial charge in [0.25, 0.3) is 0 Å². The second-order valence-corrected chi connectivity index (χ2v) is 9.70. The highest BCUT2D eigenvalue weighted by Gasteiger charge is 2.67. The molecule has 1 spiro atoms.